The van der Waals surface area contributed by atoms with Crippen molar-refractivity contribution in [3.8, 4) is 34.5 Å². The molecule has 0 saturated heterocycles. The van der Waals surface area contributed by atoms with Crippen LogP contribution in [0.1, 0.15) is 43.6 Å². The Morgan fingerprint density at radius 2 is 0.875 bits per heavy atom. The van der Waals surface area contributed by atoms with Crippen molar-refractivity contribution in [1.82, 2.24) is 0 Å². The molecule has 6 heteroatoms. The van der Waals surface area contributed by atoms with Gasteiger partial charge in [-0.2, -0.15) is 0 Å². The zero-order valence-corrected chi connectivity index (χ0v) is 22.5. The van der Waals surface area contributed by atoms with Gasteiger partial charge in [0.05, 0.1) is 17.1 Å². The van der Waals surface area contributed by atoms with E-state index in [-0.39, 0.29) is 0 Å². The summed E-state index contributed by atoms with van der Waals surface area (Å²) >= 11 is 0. The topological polar surface area (TPSA) is 106 Å². The Morgan fingerprint density at radius 1 is 0.475 bits per heavy atom. The standard InChI is InChI=1S/C34H35N3O3/c35-25-7-1-4-10-28(25)38-24-18-31(39-29-11-5-2-8-26(29)36)34(32(19-24)40-30-12-6-3-9-27(30)37)33-22-14-20-13-21(16-22)17-23(33)15-20/h1-12,18-23,33H,13-17,35-37H2. The van der Waals surface area contributed by atoms with Crippen LogP contribution in [0.4, 0.5) is 17.1 Å². The monoisotopic (exact) mass is 533 g/mol. The Bertz CT molecular complexity index is 1450. The molecule has 4 aliphatic rings. The second kappa shape index (κ2) is 10.0. The Kier molecular flexibility index (Phi) is 6.18. The van der Waals surface area contributed by atoms with Crippen LogP contribution in [0, 0.1) is 23.7 Å². The second-order valence-corrected chi connectivity index (χ2v) is 11.7. The van der Waals surface area contributed by atoms with Gasteiger partial charge in [-0.1, -0.05) is 36.4 Å². The van der Waals surface area contributed by atoms with Gasteiger partial charge < -0.3 is 31.4 Å². The van der Waals surface area contributed by atoms with E-state index in [0.717, 1.165) is 17.4 Å². The lowest BCUT2D eigenvalue weighted by atomic mass is 9.50. The van der Waals surface area contributed by atoms with Gasteiger partial charge in [0.1, 0.15) is 34.5 Å². The van der Waals surface area contributed by atoms with E-state index in [9.17, 15) is 0 Å². The van der Waals surface area contributed by atoms with E-state index in [4.69, 9.17) is 31.4 Å². The molecule has 4 fully saturated rings. The molecular weight excluding hydrogens is 498 g/mol. The highest BCUT2D eigenvalue weighted by Crippen LogP contribution is 2.63. The molecule has 40 heavy (non-hydrogen) atoms. The number of hydrogen-bond donors (Lipinski definition) is 3. The lowest BCUT2D eigenvalue weighted by molar-refractivity contribution is -0.00396. The third kappa shape index (κ3) is 4.57. The average Bonchev–Trinajstić information content (AvgIpc) is 2.93. The molecule has 0 unspecified atom stereocenters. The number of rotatable bonds is 7. The van der Waals surface area contributed by atoms with Crippen molar-refractivity contribution < 1.29 is 14.2 Å². The molecule has 0 atom stereocenters. The van der Waals surface area contributed by atoms with Crippen molar-refractivity contribution in [2.75, 3.05) is 17.2 Å². The van der Waals surface area contributed by atoms with Crippen LogP contribution in [-0.4, -0.2) is 0 Å². The summed E-state index contributed by atoms with van der Waals surface area (Å²) in [6.07, 6.45) is 6.43. The van der Waals surface area contributed by atoms with Gasteiger partial charge in [-0.15, -0.1) is 0 Å². The van der Waals surface area contributed by atoms with E-state index in [0.29, 0.717) is 69.3 Å². The number of nitrogens with two attached hydrogens (primary N) is 3. The lowest BCUT2D eigenvalue weighted by Crippen LogP contribution is -2.43. The van der Waals surface area contributed by atoms with E-state index >= 15 is 0 Å². The fourth-order valence-electron chi connectivity index (χ4n) is 7.61. The Morgan fingerprint density at radius 3 is 1.30 bits per heavy atom. The first-order valence-corrected chi connectivity index (χ1v) is 14.3. The molecule has 4 aliphatic carbocycles. The summed E-state index contributed by atoms with van der Waals surface area (Å²) in [5.41, 5.74) is 21.7. The first kappa shape index (κ1) is 24.7. The predicted octanol–water partition coefficient (Wildman–Crippen LogP) is 8.35. The molecule has 4 bridgehead atoms. The molecule has 4 saturated carbocycles. The maximum atomic E-state index is 6.67. The highest BCUT2D eigenvalue weighted by atomic mass is 16.5. The molecule has 0 heterocycles. The lowest BCUT2D eigenvalue weighted by Gasteiger charge is -2.54. The first-order chi connectivity index (χ1) is 19.5. The van der Waals surface area contributed by atoms with Crippen molar-refractivity contribution in [3.63, 3.8) is 0 Å². The Labute approximate surface area is 235 Å². The van der Waals surface area contributed by atoms with Crippen molar-refractivity contribution in [1.29, 1.82) is 0 Å². The zero-order valence-electron chi connectivity index (χ0n) is 22.5. The van der Waals surface area contributed by atoms with E-state index in [1.807, 2.05) is 84.9 Å². The third-order valence-corrected chi connectivity index (χ3v) is 9.06. The average molecular weight is 534 g/mol. The highest BCUT2D eigenvalue weighted by molar-refractivity contribution is 5.62. The summed E-state index contributed by atoms with van der Waals surface area (Å²) in [4.78, 5) is 0. The van der Waals surface area contributed by atoms with Crippen LogP contribution in [-0.2, 0) is 0 Å². The molecule has 0 spiro atoms. The van der Waals surface area contributed by atoms with E-state index in [1.54, 1.807) is 0 Å². The molecule has 0 amide bonds. The van der Waals surface area contributed by atoms with Gasteiger partial charge >= 0.3 is 0 Å². The molecule has 204 valence electrons. The first-order valence-electron chi connectivity index (χ1n) is 14.3. The van der Waals surface area contributed by atoms with Gasteiger partial charge in [-0.25, -0.2) is 0 Å². The molecule has 0 aromatic heterocycles. The molecule has 0 radical (unpaired) electrons. The van der Waals surface area contributed by atoms with E-state index < -0.39 is 0 Å². The maximum Gasteiger partial charge on any atom is 0.150 e. The van der Waals surface area contributed by atoms with Crippen LogP contribution in [0.2, 0.25) is 0 Å². The van der Waals surface area contributed by atoms with E-state index in [2.05, 4.69) is 0 Å². The molecule has 6 nitrogen and oxygen atoms in total. The number of para-hydroxylation sites is 6. The van der Waals surface area contributed by atoms with Gasteiger partial charge in [0.15, 0.2) is 0 Å². The minimum atomic E-state index is 0.323. The molecule has 4 aromatic rings. The summed E-state index contributed by atoms with van der Waals surface area (Å²) in [7, 11) is 0. The minimum Gasteiger partial charge on any atom is -0.455 e. The number of hydrogen-bond acceptors (Lipinski definition) is 6. The summed E-state index contributed by atoms with van der Waals surface area (Å²) < 4.78 is 19.7. The predicted molar refractivity (Wildman–Crippen MR) is 159 cm³/mol. The van der Waals surface area contributed by atoms with Crippen molar-refractivity contribution in [2.45, 2.75) is 38.0 Å². The number of ether oxygens (including phenoxy) is 3. The van der Waals surface area contributed by atoms with Gasteiger partial charge in [0, 0.05) is 17.7 Å². The molecular formula is C34H35N3O3. The molecule has 4 aromatic carbocycles. The summed E-state index contributed by atoms with van der Waals surface area (Å²) in [6.45, 7) is 0. The van der Waals surface area contributed by atoms with Crippen LogP contribution in [0.15, 0.2) is 84.9 Å². The quantitative estimate of drug-likeness (QED) is 0.206. The van der Waals surface area contributed by atoms with Crippen LogP contribution in [0.5, 0.6) is 34.5 Å². The normalized spacial score (nSPS) is 24.6. The highest BCUT2D eigenvalue weighted by Gasteiger charge is 2.50. The molecule has 6 N–H and O–H groups in total. The van der Waals surface area contributed by atoms with Gasteiger partial charge in [0.2, 0.25) is 0 Å². The Hall–Kier alpha value is -4.32. The van der Waals surface area contributed by atoms with Gasteiger partial charge in [-0.3, -0.25) is 0 Å². The van der Waals surface area contributed by atoms with E-state index in [1.165, 1.54) is 32.1 Å². The van der Waals surface area contributed by atoms with Crippen LogP contribution < -0.4 is 31.4 Å². The fourth-order valence-corrected chi connectivity index (χ4v) is 7.61. The van der Waals surface area contributed by atoms with Crippen LogP contribution in [0.3, 0.4) is 0 Å². The fraction of sp³-hybridized carbons (Fsp3) is 0.294. The summed E-state index contributed by atoms with van der Waals surface area (Å²) in [5, 5.41) is 0. The summed E-state index contributed by atoms with van der Waals surface area (Å²) in [6, 6.07) is 26.6. The summed E-state index contributed by atoms with van der Waals surface area (Å²) in [5.74, 6) is 6.94. The van der Waals surface area contributed by atoms with Crippen molar-refractivity contribution in [2.24, 2.45) is 23.7 Å². The smallest absolute Gasteiger partial charge is 0.150 e. The third-order valence-electron chi connectivity index (χ3n) is 9.06. The van der Waals surface area contributed by atoms with Crippen LogP contribution >= 0.6 is 0 Å². The van der Waals surface area contributed by atoms with Crippen LogP contribution in [0.25, 0.3) is 0 Å². The minimum absolute atomic E-state index is 0.323. The second-order valence-electron chi connectivity index (χ2n) is 11.7. The molecule has 8 rings (SSSR count). The maximum absolute atomic E-state index is 6.67. The largest absolute Gasteiger partial charge is 0.455 e. The van der Waals surface area contributed by atoms with Gasteiger partial charge in [-0.05, 0) is 98.1 Å². The number of nitrogen functional groups attached to an aromatic ring is 3. The zero-order chi connectivity index (χ0) is 27.2. The van der Waals surface area contributed by atoms with Crippen molar-refractivity contribution >= 4 is 17.1 Å². The SMILES string of the molecule is Nc1ccccc1Oc1cc(Oc2ccccc2N)c(C2C3CC4CC(C3)CC2C4)c(Oc2ccccc2N)c1. The van der Waals surface area contributed by atoms with Crippen molar-refractivity contribution in [3.05, 3.63) is 90.5 Å². The number of benzene rings is 4. The Balaban J connectivity index is 1.40. The number of anilines is 3. The molecule has 0 aliphatic heterocycles. The van der Waals surface area contributed by atoms with Gasteiger partial charge in [0.25, 0.3) is 0 Å².